The molecule has 0 amide bonds. The summed E-state index contributed by atoms with van der Waals surface area (Å²) in [5.74, 6) is 0.525. The summed E-state index contributed by atoms with van der Waals surface area (Å²) in [4.78, 5) is 3.85. The number of rotatable bonds is 2. The Balaban J connectivity index is 2.23. The normalized spacial score (nSPS) is 9.71. The molecule has 0 saturated heterocycles. The van der Waals surface area contributed by atoms with Gasteiger partial charge in [-0.3, -0.25) is 0 Å². The van der Waals surface area contributed by atoms with Gasteiger partial charge in [0.15, 0.2) is 0 Å². The van der Waals surface area contributed by atoms with Crippen LogP contribution in [0.4, 0.5) is 4.39 Å². The molecule has 0 N–H and O–H groups in total. The summed E-state index contributed by atoms with van der Waals surface area (Å²) < 4.78 is 18.3. The highest BCUT2D eigenvalue weighted by atomic mass is 19.1. The molecule has 1 heterocycles. The quantitative estimate of drug-likeness (QED) is 0.792. The zero-order valence-electron chi connectivity index (χ0n) is 9.14. The summed E-state index contributed by atoms with van der Waals surface area (Å²) in [6.07, 6.45) is 1.10. The second-order valence-electron chi connectivity index (χ2n) is 3.51. The average molecular weight is 228 g/mol. The second-order valence-corrected chi connectivity index (χ2v) is 3.51. The molecule has 0 atom stereocenters. The van der Waals surface area contributed by atoms with E-state index in [1.165, 1.54) is 6.07 Å². The standard InChI is InChI=1S/C13H9FN2O/c1-9-6-11(14)8-16-13(9)17-12-4-2-10(7-15)3-5-12/h2-6,8H,1H3. The third-order valence-corrected chi connectivity index (χ3v) is 2.19. The SMILES string of the molecule is Cc1cc(F)cnc1Oc1ccc(C#N)cc1. The van der Waals surface area contributed by atoms with Crippen LogP contribution >= 0.6 is 0 Å². The third-order valence-electron chi connectivity index (χ3n) is 2.19. The van der Waals surface area contributed by atoms with Gasteiger partial charge < -0.3 is 4.74 Å². The fourth-order valence-corrected chi connectivity index (χ4v) is 1.34. The Kier molecular flexibility index (Phi) is 3.01. The van der Waals surface area contributed by atoms with Gasteiger partial charge in [0, 0.05) is 5.56 Å². The van der Waals surface area contributed by atoms with Crippen molar-refractivity contribution in [3.05, 3.63) is 53.5 Å². The van der Waals surface area contributed by atoms with Gasteiger partial charge in [0.05, 0.1) is 17.8 Å². The van der Waals surface area contributed by atoms with Crippen LogP contribution in [-0.2, 0) is 0 Å². The summed E-state index contributed by atoms with van der Waals surface area (Å²) in [6, 6.07) is 10.0. The Morgan fingerprint density at radius 3 is 2.59 bits per heavy atom. The van der Waals surface area contributed by atoms with Crippen molar-refractivity contribution in [2.45, 2.75) is 6.92 Å². The first-order chi connectivity index (χ1) is 8.19. The Hall–Kier alpha value is -2.41. The smallest absolute Gasteiger partial charge is 0.222 e. The van der Waals surface area contributed by atoms with Gasteiger partial charge in [-0.2, -0.15) is 5.26 Å². The van der Waals surface area contributed by atoms with E-state index in [4.69, 9.17) is 10.00 Å². The molecular weight excluding hydrogens is 219 g/mol. The molecule has 0 bridgehead atoms. The molecule has 1 aromatic carbocycles. The van der Waals surface area contributed by atoms with E-state index in [1.807, 2.05) is 6.07 Å². The first kappa shape index (κ1) is 11.1. The fraction of sp³-hybridized carbons (Fsp3) is 0.0769. The molecule has 0 radical (unpaired) electrons. The van der Waals surface area contributed by atoms with Crippen molar-refractivity contribution in [3.63, 3.8) is 0 Å². The highest BCUT2D eigenvalue weighted by molar-refractivity contribution is 5.37. The maximum absolute atomic E-state index is 12.8. The van der Waals surface area contributed by atoms with Gasteiger partial charge >= 0.3 is 0 Å². The van der Waals surface area contributed by atoms with Crippen molar-refractivity contribution in [2.75, 3.05) is 0 Å². The summed E-state index contributed by atoms with van der Waals surface area (Å²) >= 11 is 0. The molecule has 17 heavy (non-hydrogen) atoms. The number of halogens is 1. The fourth-order valence-electron chi connectivity index (χ4n) is 1.34. The second kappa shape index (κ2) is 4.62. The van der Waals surface area contributed by atoms with Crippen LogP contribution in [0.1, 0.15) is 11.1 Å². The van der Waals surface area contributed by atoms with Crippen LogP contribution in [0.3, 0.4) is 0 Å². The number of nitrogens with zero attached hydrogens (tertiary/aromatic N) is 2. The van der Waals surface area contributed by atoms with E-state index < -0.39 is 5.82 Å². The summed E-state index contributed by atoms with van der Waals surface area (Å²) in [5, 5.41) is 8.65. The van der Waals surface area contributed by atoms with E-state index in [-0.39, 0.29) is 0 Å². The summed E-state index contributed by atoms with van der Waals surface area (Å²) in [5.41, 5.74) is 1.18. The molecule has 0 aliphatic heterocycles. The molecule has 0 fully saturated rings. The number of aryl methyl sites for hydroxylation is 1. The molecule has 2 rings (SSSR count). The van der Waals surface area contributed by atoms with E-state index in [9.17, 15) is 4.39 Å². The average Bonchev–Trinajstić information content (AvgIpc) is 2.34. The molecule has 2 aromatic rings. The zero-order valence-corrected chi connectivity index (χ0v) is 9.14. The van der Waals surface area contributed by atoms with Crippen LogP contribution in [0, 0.1) is 24.1 Å². The monoisotopic (exact) mass is 228 g/mol. The maximum atomic E-state index is 12.8. The van der Waals surface area contributed by atoms with Gasteiger partial charge in [-0.1, -0.05) is 0 Å². The van der Waals surface area contributed by atoms with Gasteiger partial charge in [0.1, 0.15) is 11.6 Å². The third kappa shape index (κ3) is 2.58. The minimum Gasteiger partial charge on any atom is -0.439 e. The van der Waals surface area contributed by atoms with Crippen LogP contribution < -0.4 is 4.74 Å². The van der Waals surface area contributed by atoms with Crippen molar-refractivity contribution >= 4 is 0 Å². The molecule has 0 unspecified atom stereocenters. The minimum atomic E-state index is -0.394. The van der Waals surface area contributed by atoms with Crippen molar-refractivity contribution in [2.24, 2.45) is 0 Å². The van der Waals surface area contributed by atoms with Gasteiger partial charge in [-0.05, 0) is 37.3 Å². The predicted octanol–water partition coefficient (Wildman–Crippen LogP) is 3.19. The maximum Gasteiger partial charge on any atom is 0.222 e. The number of hydrogen-bond acceptors (Lipinski definition) is 3. The van der Waals surface area contributed by atoms with Gasteiger partial charge in [-0.25, -0.2) is 9.37 Å². The van der Waals surface area contributed by atoms with E-state index in [2.05, 4.69) is 4.98 Å². The first-order valence-electron chi connectivity index (χ1n) is 4.99. The van der Waals surface area contributed by atoms with E-state index in [0.29, 0.717) is 22.8 Å². The molecule has 0 spiro atoms. The van der Waals surface area contributed by atoms with Gasteiger partial charge in [-0.15, -0.1) is 0 Å². The number of hydrogen-bond donors (Lipinski definition) is 0. The molecule has 1 aromatic heterocycles. The lowest BCUT2D eigenvalue weighted by molar-refractivity contribution is 0.455. The molecule has 0 aliphatic carbocycles. The van der Waals surface area contributed by atoms with Crippen LogP contribution in [-0.4, -0.2) is 4.98 Å². The van der Waals surface area contributed by atoms with Crippen molar-refractivity contribution in [1.29, 1.82) is 5.26 Å². The largest absolute Gasteiger partial charge is 0.439 e. The van der Waals surface area contributed by atoms with Crippen LogP contribution in [0.2, 0.25) is 0 Å². The van der Waals surface area contributed by atoms with Crippen LogP contribution in [0.5, 0.6) is 11.6 Å². The Bertz CT molecular complexity index is 573. The molecule has 84 valence electrons. The van der Waals surface area contributed by atoms with Gasteiger partial charge in [0.25, 0.3) is 0 Å². The van der Waals surface area contributed by atoms with Gasteiger partial charge in [0.2, 0.25) is 5.88 Å². The van der Waals surface area contributed by atoms with Crippen LogP contribution in [0.25, 0.3) is 0 Å². The summed E-state index contributed by atoms with van der Waals surface area (Å²) in [7, 11) is 0. The van der Waals surface area contributed by atoms with E-state index in [1.54, 1.807) is 31.2 Å². The van der Waals surface area contributed by atoms with Crippen molar-refractivity contribution in [3.8, 4) is 17.7 Å². The Morgan fingerprint density at radius 2 is 2.00 bits per heavy atom. The molecule has 0 saturated carbocycles. The topological polar surface area (TPSA) is 45.9 Å². The number of aromatic nitrogens is 1. The van der Waals surface area contributed by atoms with E-state index in [0.717, 1.165) is 6.20 Å². The summed E-state index contributed by atoms with van der Waals surface area (Å²) in [6.45, 7) is 1.72. The number of ether oxygens (including phenoxy) is 1. The Labute approximate surface area is 98.1 Å². The first-order valence-corrected chi connectivity index (χ1v) is 4.99. The molecule has 3 nitrogen and oxygen atoms in total. The van der Waals surface area contributed by atoms with Crippen molar-refractivity contribution in [1.82, 2.24) is 4.98 Å². The zero-order chi connectivity index (χ0) is 12.3. The Morgan fingerprint density at radius 1 is 1.29 bits per heavy atom. The highest BCUT2D eigenvalue weighted by Gasteiger charge is 2.04. The molecular formula is C13H9FN2O. The lowest BCUT2D eigenvalue weighted by Gasteiger charge is -2.06. The van der Waals surface area contributed by atoms with E-state index >= 15 is 0 Å². The number of pyridine rings is 1. The highest BCUT2D eigenvalue weighted by Crippen LogP contribution is 2.22. The molecule has 4 heteroatoms. The predicted molar refractivity (Wildman–Crippen MR) is 60.2 cm³/mol. The number of benzene rings is 1. The number of nitriles is 1. The molecule has 0 aliphatic rings. The minimum absolute atomic E-state index is 0.358. The van der Waals surface area contributed by atoms with Crippen molar-refractivity contribution < 1.29 is 9.13 Å². The van der Waals surface area contributed by atoms with Crippen LogP contribution in [0.15, 0.2) is 36.5 Å². The lowest BCUT2D eigenvalue weighted by atomic mass is 10.2. The lowest BCUT2D eigenvalue weighted by Crippen LogP contribution is -1.92.